The lowest BCUT2D eigenvalue weighted by molar-refractivity contribution is 0.414. The second-order valence-corrected chi connectivity index (χ2v) is 4.65. The molecule has 108 valence electrons. The van der Waals surface area contributed by atoms with Gasteiger partial charge in [0.05, 0.1) is 13.7 Å². The number of aryl methyl sites for hydroxylation is 1. The molecule has 0 spiro atoms. The van der Waals surface area contributed by atoms with Gasteiger partial charge in [-0.05, 0) is 25.1 Å². The minimum Gasteiger partial charge on any atom is -0.497 e. The van der Waals surface area contributed by atoms with Crippen LogP contribution in [0.25, 0.3) is 0 Å². The van der Waals surface area contributed by atoms with Crippen molar-refractivity contribution >= 4 is 5.69 Å². The van der Waals surface area contributed by atoms with E-state index in [0.29, 0.717) is 13.1 Å². The van der Waals surface area contributed by atoms with Crippen molar-refractivity contribution in [3.8, 4) is 5.75 Å². The Bertz CT molecular complexity index is 540. The maximum Gasteiger partial charge on any atom is 0.120 e. The summed E-state index contributed by atoms with van der Waals surface area (Å²) in [5.74, 6) is 0.847. The molecule has 1 aromatic heterocycles. The Kier molecular flexibility index (Phi) is 4.95. The molecule has 0 fully saturated rings. The fraction of sp³-hybridized carbons (Fsp3) is 0.429. The third kappa shape index (κ3) is 3.71. The van der Waals surface area contributed by atoms with E-state index in [-0.39, 0.29) is 0 Å². The topological polar surface area (TPSA) is 69.2 Å². The number of rotatable bonds is 7. The van der Waals surface area contributed by atoms with Gasteiger partial charge in [0.2, 0.25) is 0 Å². The van der Waals surface area contributed by atoms with Gasteiger partial charge < -0.3 is 15.4 Å². The molecule has 0 radical (unpaired) electrons. The maximum atomic E-state index is 5.63. The van der Waals surface area contributed by atoms with Gasteiger partial charge in [-0.15, -0.1) is 5.10 Å². The molecule has 0 atom stereocenters. The first-order valence-corrected chi connectivity index (χ1v) is 6.67. The summed E-state index contributed by atoms with van der Waals surface area (Å²) in [5, 5.41) is 8.11. The van der Waals surface area contributed by atoms with Gasteiger partial charge in [0.1, 0.15) is 11.4 Å². The van der Waals surface area contributed by atoms with Crippen LogP contribution in [0.3, 0.4) is 0 Å². The highest BCUT2D eigenvalue weighted by atomic mass is 16.5. The Morgan fingerprint density at radius 3 is 2.90 bits per heavy atom. The van der Waals surface area contributed by atoms with E-state index in [4.69, 9.17) is 10.5 Å². The first-order valence-electron chi connectivity index (χ1n) is 6.67. The molecule has 2 N–H and O–H groups in total. The van der Waals surface area contributed by atoms with E-state index in [2.05, 4.69) is 21.3 Å². The normalized spacial score (nSPS) is 10.6. The van der Waals surface area contributed by atoms with Crippen molar-refractivity contribution in [1.82, 2.24) is 15.0 Å². The molecule has 20 heavy (non-hydrogen) atoms. The van der Waals surface area contributed by atoms with Crippen molar-refractivity contribution in [2.75, 3.05) is 25.1 Å². The predicted molar refractivity (Wildman–Crippen MR) is 78.7 cm³/mol. The lowest BCUT2D eigenvalue weighted by atomic mass is 10.2. The third-order valence-electron chi connectivity index (χ3n) is 3.05. The summed E-state index contributed by atoms with van der Waals surface area (Å²) in [6, 6.07) is 8.01. The third-order valence-corrected chi connectivity index (χ3v) is 3.05. The molecule has 0 aliphatic carbocycles. The van der Waals surface area contributed by atoms with Crippen molar-refractivity contribution in [3.05, 3.63) is 36.2 Å². The van der Waals surface area contributed by atoms with E-state index < -0.39 is 0 Å². The zero-order valence-electron chi connectivity index (χ0n) is 12.0. The average molecular weight is 275 g/mol. The second-order valence-electron chi connectivity index (χ2n) is 4.65. The van der Waals surface area contributed by atoms with Crippen molar-refractivity contribution in [2.45, 2.75) is 13.0 Å². The summed E-state index contributed by atoms with van der Waals surface area (Å²) in [6.45, 7) is 2.25. The van der Waals surface area contributed by atoms with Crippen LogP contribution in [-0.4, -0.2) is 35.2 Å². The van der Waals surface area contributed by atoms with Gasteiger partial charge in [-0.2, -0.15) is 0 Å². The van der Waals surface area contributed by atoms with Crippen LogP contribution in [0.4, 0.5) is 5.69 Å². The van der Waals surface area contributed by atoms with E-state index >= 15 is 0 Å². The van der Waals surface area contributed by atoms with E-state index in [1.54, 1.807) is 11.8 Å². The maximum absolute atomic E-state index is 5.63. The number of hydrogen-bond acceptors (Lipinski definition) is 5. The summed E-state index contributed by atoms with van der Waals surface area (Å²) in [7, 11) is 3.54. The molecule has 6 nitrogen and oxygen atoms in total. The molecule has 0 saturated carbocycles. The number of aromatic nitrogens is 3. The molecular weight excluding hydrogens is 254 g/mol. The van der Waals surface area contributed by atoms with Gasteiger partial charge in [0.25, 0.3) is 0 Å². The lowest BCUT2D eigenvalue weighted by Crippen LogP contribution is -2.25. The molecule has 0 unspecified atom stereocenters. The fourth-order valence-corrected chi connectivity index (χ4v) is 2.05. The van der Waals surface area contributed by atoms with Crippen molar-refractivity contribution in [3.63, 3.8) is 0 Å². The highest BCUT2D eigenvalue weighted by Gasteiger charge is 2.10. The Morgan fingerprint density at radius 1 is 1.40 bits per heavy atom. The summed E-state index contributed by atoms with van der Waals surface area (Å²) in [5.41, 5.74) is 7.66. The van der Waals surface area contributed by atoms with Crippen LogP contribution < -0.4 is 15.4 Å². The van der Waals surface area contributed by atoms with Gasteiger partial charge in [0, 0.05) is 31.5 Å². The molecule has 0 aliphatic heterocycles. The number of hydrogen-bond donors (Lipinski definition) is 1. The first-order chi connectivity index (χ1) is 9.72. The molecule has 0 aliphatic rings. The van der Waals surface area contributed by atoms with E-state index in [1.807, 2.05) is 31.4 Å². The lowest BCUT2D eigenvalue weighted by Gasteiger charge is -2.24. The van der Waals surface area contributed by atoms with E-state index in [9.17, 15) is 0 Å². The monoisotopic (exact) mass is 275 g/mol. The summed E-state index contributed by atoms with van der Waals surface area (Å²) in [6.07, 6.45) is 2.85. The number of anilines is 1. The number of ether oxygens (including phenoxy) is 1. The Labute approximate surface area is 119 Å². The van der Waals surface area contributed by atoms with Crippen molar-refractivity contribution in [1.29, 1.82) is 0 Å². The largest absolute Gasteiger partial charge is 0.497 e. The quantitative estimate of drug-likeness (QED) is 0.821. The summed E-state index contributed by atoms with van der Waals surface area (Å²) < 4.78 is 6.99. The van der Waals surface area contributed by atoms with E-state index in [1.165, 1.54) is 0 Å². The highest BCUT2D eigenvalue weighted by molar-refractivity contribution is 5.50. The van der Waals surface area contributed by atoms with Gasteiger partial charge in [0.15, 0.2) is 0 Å². The fourth-order valence-electron chi connectivity index (χ4n) is 2.05. The number of benzene rings is 1. The van der Waals surface area contributed by atoms with Crippen LogP contribution in [0.1, 0.15) is 12.1 Å². The number of methoxy groups -OCH3 is 1. The molecule has 0 bridgehead atoms. The number of nitrogens with zero attached hydrogens (tertiary/aromatic N) is 4. The van der Waals surface area contributed by atoms with Crippen LogP contribution in [0.15, 0.2) is 30.5 Å². The predicted octanol–water partition coefficient (Wildman–Crippen LogP) is 1.18. The van der Waals surface area contributed by atoms with Gasteiger partial charge in [-0.1, -0.05) is 11.3 Å². The zero-order valence-corrected chi connectivity index (χ0v) is 12.0. The minimum atomic E-state index is 0.668. The first kappa shape index (κ1) is 14.3. The molecule has 0 amide bonds. The molecule has 2 rings (SSSR count). The number of nitrogens with two attached hydrogens (primary N) is 1. The molecular formula is C14H21N5O. The van der Waals surface area contributed by atoms with Gasteiger partial charge in [-0.25, -0.2) is 0 Å². The Hall–Kier alpha value is -2.08. The van der Waals surface area contributed by atoms with Crippen molar-refractivity contribution in [2.24, 2.45) is 12.8 Å². The SMILES string of the molecule is COc1cccc(N(CCCN)Cc2cn(C)nn2)c1. The second kappa shape index (κ2) is 6.91. The summed E-state index contributed by atoms with van der Waals surface area (Å²) >= 11 is 0. The van der Waals surface area contributed by atoms with Gasteiger partial charge >= 0.3 is 0 Å². The molecule has 1 heterocycles. The molecule has 2 aromatic rings. The zero-order chi connectivity index (χ0) is 14.4. The Balaban J connectivity index is 2.17. The molecule has 1 aromatic carbocycles. The van der Waals surface area contributed by atoms with E-state index in [0.717, 1.165) is 30.1 Å². The molecule has 6 heteroatoms. The minimum absolute atomic E-state index is 0.668. The van der Waals surface area contributed by atoms with Gasteiger partial charge in [-0.3, -0.25) is 4.68 Å². The molecule has 0 saturated heterocycles. The van der Waals surface area contributed by atoms with Crippen LogP contribution in [0.5, 0.6) is 5.75 Å². The standard InChI is InChI=1S/C14H21N5O/c1-18-10-12(16-17-18)11-19(8-4-7-15)13-5-3-6-14(9-13)20-2/h3,5-6,9-10H,4,7-8,11,15H2,1-2H3. The summed E-state index contributed by atoms with van der Waals surface area (Å²) in [4.78, 5) is 2.24. The van der Waals surface area contributed by atoms with Crippen molar-refractivity contribution < 1.29 is 4.74 Å². The Morgan fingerprint density at radius 2 is 2.25 bits per heavy atom. The smallest absolute Gasteiger partial charge is 0.120 e. The van der Waals surface area contributed by atoms with Crippen LogP contribution in [0.2, 0.25) is 0 Å². The average Bonchev–Trinajstić information content (AvgIpc) is 2.88. The highest BCUT2D eigenvalue weighted by Crippen LogP contribution is 2.22. The van der Waals surface area contributed by atoms with Crippen LogP contribution in [0, 0.1) is 0 Å². The van der Waals surface area contributed by atoms with Crippen LogP contribution >= 0.6 is 0 Å². The van der Waals surface area contributed by atoms with Crippen LogP contribution in [-0.2, 0) is 13.6 Å².